The molecule has 0 aliphatic carbocycles. The first kappa shape index (κ1) is 15.3. The topological polar surface area (TPSA) is 42.2 Å². The van der Waals surface area contributed by atoms with Crippen LogP contribution in [-0.4, -0.2) is 5.91 Å². The van der Waals surface area contributed by atoms with E-state index in [0.29, 0.717) is 16.5 Å². The minimum absolute atomic E-state index is 0.0111. The molecule has 0 bridgehead atoms. The molecule has 0 saturated carbocycles. The molecule has 1 amide bonds. The highest BCUT2D eigenvalue weighted by molar-refractivity contribution is 6.30. The van der Waals surface area contributed by atoms with Crippen molar-refractivity contribution in [3.8, 4) is 11.3 Å². The third-order valence-electron chi connectivity index (χ3n) is 3.33. The van der Waals surface area contributed by atoms with E-state index in [9.17, 15) is 9.18 Å². The zero-order valence-corrected chi connectivity index (χ0v) is 12.8. The van der Waals surface area contributed by atoms with Gasteiger partial charge in [-0.2, -0.15) is 0 Å². The number of halogens is 2. The average Bonchev–Trinajstić information content (AvgIpc) is 3.03. The summed E-state index contributed by atoms with van der Waals surface area (Å²) in [5.41, 5.74) is 0.901. The predicted octanol–water partition coefficient (Wildman–Crippen LogP) is 4.67. The molecule has 23 heavy (non-hydrogen) atoms. The maximum atomic E-state index is 13.5. The first-order chi connectivity index (χ1) is 11.1. The fourth-order valence-corrected chi connectivity index (χ4v) is 2.28. The summed E-state index contributed by atoms with van der Waals surface area (Å²) in [6, 6.07) is 16.7. The Kier molecular flexibility index (Phi) is 4.44. The second kappa shape index (κ2) is 6.67. The fourth-order valence-electron chi connectivity index (χ4n) is 2.15. The molecular formula is C18H13ClFNO2. The van der Waals surface area contributed by atoms with Crippen molar-refractivity contribution in [3.63, 3.8) is 0 Å². The lowest BCUT2D eigenvalue weighted by Gasteiger charge is -2.04. The Labute approximate surface area is 137 Å². The number of hydrogen-bond donors (Lipinski definition) is 1. The van der Waals surface area contributed by atoms with Crippen molar-refractivity contribution >= 4 is 17.5 Å². The Bertz CT molecular complexity index is 827. The minimum atomic E-state index is -0.550. The van der Waals surface area contributed by atoms with E-state index in [2.05, 4.69) is 5.32 Å². The zero-order chi connectivity index (χ0) is 16.2. The lowest BCUT2D eigenvalue weighted by Crippen LogP contribution is -2.23. The van der Waals surface area contributed by atoms with Crippen molar-refractivity contribution in [2.75, 3.05) is 0 Å². The summed E-state index contributed by atoms with van der Waals surface area (Å²) in [6.07, 6.45) is 0. The van der Waals surface area contributed by atoms with Crippen molar-refractivity contribution in [1.29, 1.82) is 0 Å². The van der Waals surface area contributed by atoms with Gasteiger partial charge in [-0.15, -0.1) is 0 Å². The van der Waals surface area contributed by atoms with E-state index < -0.39 is 11.7 Å². The monoisotopic (exact) mass is 329 g/mol. The van der Waals surface area contributed by atoms with Crippen LogP contribution < -0.4 is 5.32 Å². The number of carbonyl (C=O) groups is 1. The molecule has 3 rings (SSSR count). The summed E-state index contributed by atoms with van der Waals surface area (Å²) in [4.78, 5) is 11.9. The SMILES string of the molecule is O=C(NCc1ccc(-c2ccc(Cl)cc2)o1)c1ccccc1F. The van der Waals surface area contributed by atoms with Crippen molar-refractivity contribution in [2.45, 2.75) is 6.54 Å². The summed E-state index contributed by atoms with van der Waals surface area (Å²) in [5, 5.41) is 3.29. The molecule has 2 aromatic carbocycles. The van der Waals surface area contributed by atoms with Gasteiger partial charge in [-0.3, -0.25) is 4.79 Å². The summed E-state index contributed by atoms with van der Waals surface area (Å²) in [5.74, 6) is 0.232. The lowest BCUT2D eigenvalue weighted by atomic mass is 10.2. The van der Waals surface area contributed by atoms with Gasteiger partial charge in [0.05, 0.1) is 12.1 Å². The molecule has 0 aliphatic heterocycles. The summed E-state index contributed by atoms with van der Waals surface area (Å²) >= 11 is 5.85. The third-order valence-corrected chi connectivity index (χ3v) is 3.58. The molecular weight excluding hydrogens is 317 g/mol. The predicted molar refractivity (Wildman–Crippen MR) is 86.7 cm³/mol. The van der Waals surface area contributed by atoms with E-state index in [1.54, 1.807) is 24.3 Å². The second-order valence-corrected chi connectivity index (χ2v) is 5.37. The largest absolute Gasteiger partial charge is 0.459 e. The molecule has 0 radical (unpaired) electrons. The summed E-state index contributed by atoms with van der Waals surface area (Å²) in [7, 11) is 0. The van der Waals surface area contributed by atoms with Crippen LogP contribution in [0, 0.1) is 5.82 Å². The van der Waals surface area contributed by atoms with Crippen LogP contribution >= 0.6 is 11.6 Å². The van der Waals surface area contributed by atoms with E-state index in [4.69, 9.17) is 16.0 Å². The van der Waals surface area contributed by atoms with Crippen LogP contribution in [0.3, 0.4) is 0 Å². The van der Waals surface area contributed by atoms with Gasteiger partial charge in [0, 0.05) is 10.6 Å². The van der Waals surface area contributed by atoms with Crippen LogP contribution in [0.1, 0.15) is 16.1 Å². The molecule has 3 nitrogen and oxygen atoms in total. The summed E-state index contributed by atoms with van der Waals surface area (Å²) in [6.45, 7) is 0.181. The average molecular weight is 330 g/mol. The van der Waals surface area contributed by atoms with E-state index in [-0.39, 0.29) is 12.1 Å². The van der Waals surface area contributed by atoms with E-state index in [1.807, 2.05) is 18.2 Å². The van der Waals surface area contributed by atoms with Gasteiger partial charge in [0.25, 0.3) is 5.91 Å². The van der Waals surface area contributed by atoms with Gasteiger partial charge in [-0.05, 0) is 48.5 Å². The van der Waals surface area contributed by atoms with Crippen LogP contribution in [-0.2, 0) is 6.54 Å². The Morgan fingerprint density at radius 3 is 2.52 bits per heavy atom. The number of rotatable bonds is 4. The molecule has 5 heteroatoms. The molecule has 1 N–H and O–H groups in total. The van der Waals surface area contributed by atoms with Gasteiger partial charge in [-0.1, -0.05) is 23.7 Å². The van der Waals surface area contributed by atoms with Crippen LogP contribution in [0.25, 0.3) is 11.3 Å². The molecule has 0 fully saturated rings. The number of benzene rings is 2. The van der Waals surface area contributed by atoms with Gasteiger partial charge in [-0.25, -0.2) is 4.39 Å². The highest BCUT2D eigenvalue weighted by Crippen LogP contribution is 2.23. The third kappa shape index (κ3) is 3.60. The highest BCUT2D eigenvalue weighted by atomic mass is 35.5. The van der Waals surface area contributed by atoms with Crippen molar-refractivity contribution < 1.29 is 13.6 Å². The van der Waals surface area contributed by atoms with E-state index in [0.717, 1.165) is 5.56 Å². The smallest absolute Gasteiger partial charge is 0.254 e. The minimum Gasteiger partial charge on any atom is -0.459 e. The van der Waals surface area contributed by atoms with Crippen molar-refractivity contribution in [3.05, 3.63) is 82.8 Å². The number of carbonyl (C=O) groups excluding carboxylic acids is 1. The normalized spacial score (nSPS) is 10.5. The van der Waals surface area contributed by atoms with Crippen LogP contribution in [0.4, 0.5) is 4.39 Å². The number of nitrogens with one attached hydrogen (secondary N) is 1. The van der Waals surface area contributed by atoms with Gasteiger partial charge in [0.2, 0.25) is 0 Å². The van der Waals surface area contributed by atoms with Crippen molar-refractivity contribution in [2.24, 2.45) is 0 Å². The molecule has 1 aromatic heterocycles. The van der Waals surface area contributed by atoms with Gasteiger partial charge < -0.3 is 9.73 Å². The molecule has 1 heterocycles. The number of furan rings is 1. The molecule has 0 saturated heterocycles. The van der Waals surface area contributed by atoms with E-state index in [1.165, 1.54) is 18.2 Å². The Morgan fingerprint density at radius 1 is 1.04 bits per heavy atom. The molecule has 0 aliphatic rings. The first-order valence-electron chi connectivity index (χ1n) is 7.01. The molecule has 0 spiro atoms. The Balaban J connectivity index is 1.67. The molecule has 3 aromatic rings. The van der Waals surface area contributed by atoms with Gasteiger partial charge in [0.1, 0.15) is 17.3 Å². The van der Waals surface area contributed by atoms with Crippen LogP contribution in [0.2, 0.25) is 5.02 Å². The Morgan fingerprint density at radius 2 is 1.78 bits per heavy atom. The maximum absolute atomic E-state index is 13.5. The van der Waals surface area contributed by atoms with Crippen LogP contribution in [0.15, 0.2) is 65.1 Å². The highest BCUT2D eigenvalue weighted by Gasteiger charge is 2.11. The van der Waals surface area contributed by atoms with E-state index >= 15 is 0 Å². The summed E-state index contributed by atoms with van der Waals surface area (Å²) < 4.78 is 19.2. The quantitative estimate of drug-likeness (QED) is 0.755. The Hall–Kier alpha value is -2.59. The maximum Gasteiger partial charge on any atom is 0.254 e. The molecule has 0 unspecified atom stereocenters. The zero-order valence-electron chi connectivity index (χ0n) is 12.1. The van der Waals surface area contributed by atoms with Gasteiger partial charge >= 0.3 is 0 Å². The number of amides is 1. The van der Waals surface area contributed by atoms with Crippen LogP contribution in [0.5, 0.6) is 0 Å². The fraction of sp³-hybridized carbons (Fsp3) is 0.0556. The lowest BCUT2D eigenvalue weighted by molar-refractivity contribution is 0.0944. The first-order valence-corrected chi connectivity index (χ1v) is 7.38. The van der Waals surface area contributed by atoms with Crippen molar-refractivity contribution in [1.82, 2.24) is 5.32 Å². The van der Waals surface area contributed by atoms with Gasteiger partial charge in [0.15, 0.2) is 0 Å². The standard InChI is InChI=1S/C18H13ClFNO2/c19-13-7-5-12(6-8-13)17-10-9-14(23-17)11-21-18(22)15-3-1-2-4-16(15)20/h1-10H,11H2,(H,21,22). The molecule has 0 atom stereocenters. The number of hydrogen-bond acceptors (Lipinski definition) is 2. The molecule has 116 valence electrons. The second-order valence-electron chi connectivity index (χ2n) is 4.94.